The number of benzene rings is 1. The zero-order chi connectivity index (χ0) is 15.3. The van der Waals surface area contributed by atoms with Gasteiger partial charge in [0.2, 0.25) is 0 Å². The number of thioether (sulfide) groups is 1. The molecule has 4 nitrogen and oxygen atoms in total. The van der Waals surface area contributed by atoms with Crippen LogP contribution >= 0.6 is 23.1 Å². The van der Waals surface area contributed by atoms with E-state index in [2.05, 4.69) is 10.0 Å². The molecular formula is C14H18N2O2S3. The number of nitrogens with one attached hydrogen (secondary N) is 2. The van der Waals surface area contributed by atoms with E-state index in [0.717, 1.165) is 16.3 Å². The second kappa shape index (κ2) is 7.31. The Morgan fingerprint density at radius 3 is 2.48 bits per heavy atom. The van der Waals surface area contributed by atoms with Gasteiger partial charge in [-0.2, -0.15) is 0 Å². The monoisotopic (exact) mass is 342 g/mol. The number of hydrogen-bond donors (Lipinski definition) is 2. The predicted octanol–water partition coefficient (Wildman–Crippen LogP) is 3.38. The van der Waals surface area contributed by atoms with Crippen LogP contribution in [0.4, 0.5) is 5.69 Å². The average Bonchev–Trinajstić information content (AvgIpc) is 2.95. The highest BCUT2D eigenvalue weighted by Gasteiger charge is 2.16. The van der Waals surface area contributed by atoms with Gasteiger partial charge in [0, 0.05) is 22.0 Å². The molecule has 2 rings (SSSR count). The summed E-state index contributed by atoms with van der Waals surface area (Å²) in [5, 5.41) is 3.18. The lowest BCUT2D eigenvalue weighted by Gasteiger charge is -2.06. The van der Waals surface area contributed by atoms with E-state index in [1.165, 1.54) is 11.3 Å². The number of anilines is 1. The van der Waals surface area contributed by atoms with Crippen molar-refractivity contribution in [3.63, 3.8) is 0 Å². The molecule has 0 bridgehead atoms. The van der Waals surface area contributed by atoms with Gasteiger partial charge in [0.1, 0.15) is 4.21 Å². The highest BCUT2D eigenvalue weighted by atomic mass is 32.2. The van der Waals surface area contributed by atoms with E-state index in [-0.39, 0.29) is 0 Å². The van der Waals surface area contributed by atoms with Crippen molar-refractivity contribution in [3.8, 4) is 0 Å². The van der Waals surface area contributed by atoms with Gasteiger partial charge >= 0.3 is 0 Å². The molecule has 0 atom stereocenters. The molecule has 0 amide bonds. The molecule has 21 heavy (non-hydrogen) atoms. The van der Waals surface area contributed by atoms with E-state index < -0.39 is 10.0 Å². The predicted molar refractivity (Wildman–Crippen MR) is 90.7 cm³/mol. The Morgan fingerprint density at radius 2 is 1.86 bits per heavy atom. The Balaban J connectivity index is 2.11. The van der Waals surface area contributed by atoms with Crippen LogP contribution in [0.3, 0.4) is 0 Å². The second-order valence-corrected chi connectivity index (χ2v) is 8.29. The molecule has 0 aliphatic heterocycles. The molecule has 0 spiro atoms. The largest absolute Gasteiger partial charge is 0.312 e. The van der Waals surface area contributed by atoms with Crippen molar-refractivity contribution in [2.75, 3.05) is 17.5 Å². The normalized spacial score (nSPS) is 11.5. The first-order valence-corrected chi connectivity index (χ1v) is 10.0. The average molecular weight is 343 g/mol. The van der Waals surface area contributed by atoms with Crippen molar-refractivity contribution in [2.45, 2.75) is 22.6 Å². The first-order chi connectivity index (χ1) is 10.0. The maximum atomic E-state index is 12.3. The van der Waals surface area contributed by atoms with Crippen molar-refractivity contribution >= 4 is 38.8 Å². The lowest BCUT2D eigenvalue weighted by molar-refractivity contribution is 0.603. The van der Waals surface area contributed by atoms with Crippen molar-refractivity contribution < 1.29 is 8.42 Å². The minimum Gasteiger partial charge on any atom is -0.312 e. The third-order valence-electron chi connectivity index (χ3n) is 2.79. The van der Waals surface area contributed by atoms with Gasteiger partial charge in [0.15, 0.2) is 0 Å². The van der Waals surface area contributed by atoms with Gasteiger partial charge < -0.3 is 5.32 Å². The van der Waals surface area contributed by atoms with E-state index in [1.54, 1.807) is 30.0 Å². The smallest absolute Gasteiger partial charge is 0.271 e. The van der Waals surface area contributed by atoms with Crippen molar-refractivity contribution in [2.24, 2.45) is 0 Å². The summed E-state index contributed by atoms with van der Waals surface area (Å²) in [4.78, 5) is 2.11. The van der Waals surface area contributed by atoms with Crippen molar-refractivity contribution in [1.29, 1.82) is 0 Å². The summed E-state index contributed by atoms with van der Waals surface area (Å²) in [5.74, 6) is 0. The molecule has 0 fully saturated rings. The van der Waals surface area contributed by atoms with Crippen LogP contribution in [0.15, 0.2) is 45.5 Å². The quantitative estimate of drug-likeness (QED) is 0.757. The van der Waals surface area contributed by atoms with Gasteiger partial charge in [-0.3, -0.25) is 4.72 Å². The van der Waals surface area contributed by atoms with Gasteiger partial charge in [-0.25, -0.2) is 8.42 Å². The Morgan fingerprint density at radius 1 is 1.14 bits per heavy atom. The van der Waals surface area contributed by atoms with Gasteiger partial charge in [0.05, 0.1) is 0 Å². The minimum absolute atomic E-state index is 0.337. The van der Waals surface area contributed by atoms with Crippen molar-refractivity contribution in [1.82, 2.24) is 5.32 Å². The summed E-state index contributed by atoms with van der Waals surface area (Å²) < 4.78 is 27.6. The Hall–Kier alpha value is -1.02. The molecule has 0 unspecified atom stereocenters. The van der Waals surface area contributed by atoms with Gasteiger partial charge in [-0.15, -0.1) is 23.1 Å². The first kappa shape index (κ1) is 16.4. The van der Waals surface area contributed by atoms with Crippen LogP contribution in [-0.4, -0.2) is 21.2 Å². The molecular weight excluding hydrogens is 324 g/mol. The zero-order valence-electron chi connectivity index (χ0n) is 11.9. The van der Waals surface area contributed by atoms with E-state index in [9.17, 15) is 8.42 Å². The summed E-state index contributed by atoms with van der Waals surface area (Å²) in [7, 11) is -3.50. The molecule has 0 aliphatic rings. The topological polar surface area (TPSA) is 58.2 Å². The summed E-state index contributed by atoms with van der Waals surface area (Å²) >= 11 is 2.91. The summed E-state index contributed by atoms with van der Waals surface area (Å²) in [6.45, 7) is 3.57. The fraction of sp³-hybridized carbons (Fsp3) is 0.286. The van der Waals surface area contributed by atoms with Gasteiger partial charge in [0.25, 0.3) is 10.0 Å². The lowest BCUT2D eigenvalue weighted by atomic mass is 10.3. The SMILES string of the molecule is CCNCc1ccc(S(=O)(=O)Nc2ccc(SC)cc2)s1. The van der Waals surface area contributed by atoms with Crippen LogP contribution in [0.25, 0.3) is 0 Å². The number of thiophene rings is 1. The fourth-order valence-electron chi connectivity index (χ4n) is 1.71. The Labute approximate surface area is 134 Å². The number of sulfonamides is 1. The molecule has 2 aromatic rings. The third-order valence-corrected chi connectivity index (χ3v) is 6.50. The molecule has 0 saturated carbocycles. The third kappa shape index (κ3) is 4.47. The maximum absolute atomic E-state index is 12.3. The number of hydrogen-bond acceptors (Lipinski definition) is 5. The molecule has 114 valence electrons. The van der Waals surface area contributed by atoms with Gasteiger partial charge in [-0.05, 0) is 49.2 Å². The second-order valence-electron chi connectivity index (χ2n) is 4.34. The molecule has 7 heteroatoms. The van der Waals surface area contributed by atoms with Crippen LogP contribution in [-0.2, 0) is 16.6 Å². The highest BCUT2D eigenvalue weighted by molar-refractivity contribution is 7.98. The Kier molecular flexibility index (Phi) is 5.69. The van der Waals surface area contributed by atoms with E-state index >= 15 is 0 Å². The molecule has 0 aliphatic carbocycles. The van der Waals surface area contributed by atoms with E-state index in [0.29, 0.717) is 16.4 Å². The summed E-state index contributed by atoms with van der Waals surface area (Å²) in [6, 6.07) is 10.8. The van der Waals surface area contributed by atoms with Crippen LogP contribution in [0.1, 0.15) is 11.8 Å². The summed E-state index contributed by atoms with van der Waals surface area (Å²) in [6.07, 6.45) is 1.98. The fourth-order valence-corrected chi connectivity index (χ4v) is 4.50. The van der Waals surface area contributed by atoms with Crippen LogP contribution in [0.2, 0.25) is 0 Å². The number of rotatable bonds is 7. The van der Waals surface area contributed by atoms with E-state index in [4.69, 9.17) is 0 Å². The molecule has 1 aromatic heterocycles. The first-order valence-electron chi connectivity index (χ1n) is 6.51. The van der Waals surface area contributed by atoms with Crippen LogP contribution in [0.5, 0.6) is 0 Å². The Bertz CT molecular complexity index is 678. The standard InChI is InChI=1S/C14H18N2O2S3/c1-3-15-10-13-8-9-14(20-13)21(17,18)16-11-4-6-12(19-2)7-5-11/h4-9,15-16H,3,10H2,1-2H3. The molecule has 0 radical (unpaired) electrons. The highest BCUT2D eigenvalue weighted by Crippen LogP contribution is 2.25. The lowest BCUT2D eigenvalue weighted by Crippen LogP contribution is -2.11. The van der Waals surface area contributed by atoms with E-state index in [1.807, 2.05) is 31.4 Å². The van der Waals surface area contributed by atoms with Crippen LogP contribution in [0, 0.1) is 0 Å². The zero-order valence-corrected chi connectivity index (χ0v) is 14.4. The maximum Gasteiger partial charge on any atom is 0.271 e. The summed E-state index contributed by atoms with van der Waals surface area (Å²) in [5.41, 5.74) is 0.578. The molecule has 1 aromatic carbocycles. The van der Waals surface area contributed by atoms with Crippen LogP contribution < -0.4 is 10.0 Å². The van der Waals surface area contributed by atoms with Crippen molar-refractivity contribution in [3.05, 3.63) is 41.3 Å². The minimum atomic E-state index is -3.50. The molecule has 0 saturated heterocycles. The van der Waals surface area contributed by atoms with Gasteiger partial charge in [-0.1, -0.05) is 6.92 Å². The molecule has 1 heterocycles. The molecule has 2 N–H and O–H groups in total.